The van der Waals surface area contributed by atoms with Crippen LogP contribution in [-0.4, -0.2) is 36.4 Å². The summed E-state index contributed by atoms with van der Waals surface area (Å²) in [4.78, 5) is 11.3. The van der Waals surface area contributed by atoms with Crippen molar-refractivity contribution < 1.29 is 27.8 Å². The molecule has 1 aromatic rings. The zero-order chi connectivity index (χ0) is 16.0. The molecule has 1 amide bonds. The molecule has 4 nitrogen and oxygen atoms in total. The van der Waals surface area contributed by atoms with Crippen molar-refractivity contribution in [2.45, 2.75) is 32.5 Å². The number of nitrogens with one attached hydrogen (secondary N) is 1. The molecule has 2 N–H and O–H groups in total. The molecular formula is C14H18F3NO3. The van der Waals surface area contributed by atoms with E-state index in [1.807, 2.05) is 25.2 Å². The number of amides is 1. The molecule has 118 valence electrons. The monoisotopic (exact) mass is 305 g/mol. The number of aliphatic hydroxyl groups is 1. The fourth-order valence-corrected chi connectivity index (χ4v) is 1.69. The minimum Gasteiger partial charge on any atom is -0.493 e. The molecule has 0 aliphatic carbocycles. The van der Waals surface area contributed by atoms with Crippen LogP contribution < -0.4 is 10.1 Å². The second-order valence-electron chi connectivity index (χ2n) is 4.78. The largest absolute Gasteiger partial charge is 0.493 e. The van der Waals surface area contributed by atoms with Crippen molar-refractivity contribution >= 4 is 5.91 Å². The molecule has 21 heavy (non-hydrogen) atoms. The Bertz CT molecular complexity index is 469. The van der Waals surface area contributed by atoms with Gasteiger partial charge in [-0.05, 0) is 37.1 Å². The van der Waals surface area contributed by atoms with E-state index < -0.39 is 24.7 Å². The van der Waals surface area contributed by atoms with Crippen molar-refractivity contribution in [3.05, 3.63) is 29.3 Å². The lowest BCUT2D eigenvalue weighted by molar-refractivity contribution is -0.201. The van der Waals surface area contributed by atoms with E-state index in [0.717, 1.165) is 11.1 Å². The Hall–Kier alpha value is -1.76. The first-order chi connectivity index (χ1) is 9.68. The van der Waals surface area contributed by atoms with E-state index in [1.54, 1.807) is 12.1 Å². The number of carbonyl (C=O) groups excluding carboxylic acids is 1. The Kier molecular flexibility index (Phi) is 6.02. The standard InChI is InChI=1S/C14H18F3NO3/c1-9-5-10(2)7-11(6-9)21-4-3-13(20)18-8-12(19)14(15,16)17/h5-7,12,19H,3-4,8H2,1-2H3,(H,18,20). The van der Waals surface area contributed by atoms with Gasteiger partial charge in [0.15, 0.2) is 6.10 Å². The van der Waals surface area contributed by atoms with Crippen molar-refractivity contribution in [2.24, 2.45) is 0 Å². The van der Waals surface area contributed by atoms with Crippen LogP contribution in [0, 0.1) is 13.8 Å². The maximum atomic E-state index is 12.0. The van der Waals surface area contributed by atoms with Crippen LogP contribution in [0.25, 0.3) is 0 Å². The molecular weight excluding hydrogens is 287 g/mol. The van der Waals surface area contributed by atoms with Gasteiger partial charge in [0.05, 0.1) is 19.6 Å². The molecule has 0 heterocycles. The Morgan fingerprint density at radius 3 is 2.38 bits per heavy atom. The number of aryl methyl sites for hydroxylation is 2. The van der Waals surface area contributed by atoms with Crippen LogP contribution >= 0.6 is 0 Å². The lowest BCUT2D eigenvalue weighted by Gasteiger charge is -2.15. The first-order valence-corrected chi connectivity index (χ1v) is 6.41. The summed E-state index contributed by atoms with van der Waals surface area (Å²) in [7, 11) is 0. The molecule has 0 radical (unpaired) electrons. The highest BCUT2D eigenvalue weighted by atomic mass is 19.4. The number of rotatable bonds is 6. The Morgan fingerprint density at radius 1 is 1.29 bits per heavy atom. The van der Waals surface area contributed by atoms with Gasteiger partial charge in [-0.1, -0.05) is 6.07 Å². The third kappa shape index (κ3) is 6.48. The normalized spacial score (nSPS) is 12.9. The highest BCUT2D eigenvalue weighted by Gasteiger charge is 2.38. The van der Waals surface area contributed by atoms with Crippen LogP contribution in [0.5, 0.6) is 5.75 Å². The summed E-state index contributed by atoms with van der Waals surface area (Å²) in [5, 5.41) is 10.7. The number of alkyl halides is 3. The summed E-state index contributed by atoms with van der Waals surface area (Å²) in [5.74, 6) is -0.00157. The van der Waals surface area contributed by atoms with Gasteiger partial charge >= 0.3 is 6.18 Å². The van der Waals surface area contributed by atoms with Crippen LogP contribution in [-0.2, 0) is 4.79 Å². The van der Waals surface area contributed by atoms with E-state index in [1.165, 1.54) is 0 Å². The molecule has 0 aliphatic rings. The highest BCUT2D eigenvalue weighted by Crippen LogP contribution is 2.19. The lowest BCUT2D eigenvalue weighted by atomic mass is 10.1. The molecule has 0 fully saturated rings. The summed E-state index contributed by atoms with van der Waals surface area (Å²) in [6.07, 6.45) is -7.37. The predicted molar refractivity (Wildman–Crippen MR) is 71.1 cm³/mol. The molecule has 1 unspecified atom stereocenters. The Morgan fingerprint density at radius 2 is 1.86 bits per heavy atom. The van der Waals surface area contributed by atoms with E-state index >= 15 is 0 Å². The third-order valence-corrected chi connectivity index (χ3v) is 2.66. The average Bonchev–Trinajstić information content (AvgIpc) is 2.33. The molecule has 0 saturated carbocycles. The maximum absolute atomic E-state index is 12.0. The second-order valence-corrected chi connectivity index (χ2v) is 4.78. The van der Waals surface area contributed by atoms with E-state index in [-0.39, 0.29) is 13.0 Å². The summed E-state index contributed by atoms with van der Waals surface area (Å²) in [6, 6.07) is 5.58. The number of hydrogen-bond acceptors (Lipinski definition) is 3. The Labute approximate surface area is 120 Å². The third-order valence-electron chi connectivity index (χ3n) is 2.66. The SMILES string of the molecule is Cc1cc(C)cc(OCCC(=O)NCC(O)C(F)(F)F)c1. The van der Waals surface area contributed by atoms with Crippen molar-refractivity contribution in [1.29, 1.82) is 0 Å². The zero-order valence-corrected chi connectivity index (χ0v) is 11.8. The van der Waals surface area contributed by atoms with Crippen LogP contribution in [0.2, 0.25) is 0 Å². The topological polar surface area (TPSA) is 58.6 Å². The first-order valence-electron chi connectivity index (χ1n) is 6.41. The van der Waals surface area contributed by atoms with Crippen LogP contribution in [0.1, 0.15) is 17.5 Å². The van der Waals surface area contributed by atoms with E-state index in [0.29, 0.717) is 5.75 Å². The fourth-order valence-electron chi connectivity index (χ4n) is 1.69. The van der Waals surface area contributed by atoms with Gasteiger partial charge in [-0.3, -0.25) is 4.79 Å². The number of ether oxygens (including phenoxy) is 1. The number of aliphatic hydroxyl groups excluding tert-OH is 1. The van der Waals surface area contributed by atoms with Crippen molar-refractivity contribution in [3.63, 3.8) is 0 Å². The summed E-state index contributed by atoms with van der Waals surface area (Å²) in [5.41, 5.74) is 2.03. The van der Waals surface area contributed by atoms with Crippen molar-refractivity contribution in [3.8, 4) is 5.75 Å². The summed E-state index contributed by atoms with van der Waals surface area (Å²) in [6.45, 7) is 3.01. The lowest BCUT2D eigenvalue weighted by Crippen LogP contribution is -2.40. The van der Waals surface area contributed by atoms with Gasteiger partial charge in [0.1, 0.15) is 5.75 Å². The molecule has 0 bridgehead atoms. The first kappa shape index (κ1) is 17.3. The van der Waals surface area contributed by atoms with E-state index in [2.05, 4.69) is 0 Å². The van der Waals surface area contributed by atoms with Crippen molar-refractivity contribution in [2.75, 3.05) is 13.2 Å². The fraction of sp³-hybridized carbons (Fsp3) is 0.500. The van der Waals surface area contributed by atoms with Crippen molar-refractivity contribution in [1.82, 2.24) is 5.32 Å². The number of halogens is 3. The highest BCUT2D eigenvalue weighted by molar-refractivity contribution is 5.76. The summed E-state index contributed by atoms with van der Waals surface area (Å²) < 4.78 is 41.4. The quantitative estimate of drug-likeness (QED) is 0.846. The van der Waals surface area contributed by atoms with Gasteiger partial charge in [0.2, 0.25) is 5.91 Å². The number of benzene rings is 1. The van der Waals surface area contributed by atoms with E-state index in [4.69, 9.17) is 9.84 Å². The predicted octanol–water partition coefficient (Wildman–Crippen LogP) is 2.11. The molecule has 0 aliphatic heterocycles. The van der Waals surface area contributed by atoms with E-state index in [9.17, 15) is 18.0 Å². The maximum Gasteiger partial charge on any atom is 0.416 e. The smallest absolute Gasteiger partial charge is 0.416 e. The van der Waals surface area contributed by atoms with Gasteiger partial charge < -0.3 is 15.2 Å². The van der Waals surface area contributed by atoms with Gasteiger partial charge in [-0.25, -0.2) is 0 Å². The molecule has 1 aromatic carbocycles. The molecule has 1 atom stereocenters. The molecule has 1 rings (SSSR count). The van der Waals surface area contributed by atoms with Gasteiger partial charge in [-0.15, -0.1) is 0 Å². The molecule has 0 aromatic heterocycles. The zero-order valence-electron chi connectivity index (χ0n) is 11.8. The van der Waals surface area contributed by atoms with Gasteiger partial charge in [-0.2, -0.15) is 13.2 Å². The second kappa shape index (κ2) is 7.31. The Balaban J connectivity index is 2.31. The van der Waals surface area contributed by atoms with Gasteiger partial charge in [0, 0.05) is 0 Å². The molecule has 0 spiro atoms. The van der Waals surface area contributed by atoms with Gasteiger partial charge in [0.25, 0.3) is 0 Å². The minimum absolute atomic E-state index is 0.0524. The minimum atomic E-state index is -4.73. The van der Waals surface area contributed by atoms with Crippen LogP contribution in [0.4, 0.5) is 13.2 Å². The van der Waals surface area contributed by atoms with Crippen LogP contribution in [0.3, 0.4) is 0 Å². The molecule has 7 heteroatoms. The molecule has 0 saturated heterocycles. The number of carbonyl (C=O) groups is 1. The van der Waals surface area contributed by atoms with Crippen LogP contribution in [0.15, 0.2) is 18.2 Å². The average molecular weight is 305 g/mol. The number of hydrogen-bond donors (Lipinski definition) is 2. The summed E-state index contributed by atoms with van der Waals surface area (Å²) >= 11 is 0.